The Hall–Kier alpha value is 0.120. The van der Waals surface area contributed by atoms with Crippen molar-refractivity contribution in [2.75, 3.05) is 19.8 Å². The third kappa shape index (κ3) is 3.85. The number of sulfonamides is 1. The van der Waals surface area contributed by atoms with Crippen LogP contribution in [0.25, 0.3) is 0 Å². The molecule has 1 heterocycles. The van der Waals surface area contributed by atoms with Gasteiger partial charge in [-0.2, -0.15) is 0 Å². The van der Waals surface area contributed by atoms with Crippen molar-refractivity contribution in [3.8, 4) is 0 Å². The Morgan fingerprint density at radius 3 is 2.60 bits per heavy atom. The Labute approximate surface area is 128 Å². The van der Waals surface area contributed by atoms with Gasteiger partial charge in [-0.3, -0.25) is 0 Å². The van der Waals surface area contributed by atoms with Gasteiger partial charge in [0.15, 0.2) is 0 Å². The minimum Gasteiger partial charge on any atom is -0.380 e. The van der Waals surface area contributed by atoms with Crippen molar-refractivity contribution in [3.63, 3.8) is 0 Å². The highest BCUT2D eigenvalue weighted by Crippen LogP contribution is 2.34. The first-order valence-electron chi connectivity index (χ1n) is 7.31. The van der Waals surface area contributed by atoms with Crippen LogP contribution < -0.4 is 10.5 Å². The Morgan fingerprint density at radius 1 is 1.30 bits per heavy atom. The van der Waals surface area contributed by atoms with Crippen LogP contribution in [0, 0.1) is 5.92 Å². The van der Waals surface area contributed by atoms with Crippen molar-refractivity contribution in [3.05, 3.63) is 0 Å². The van der Waals surface area contributed by atoms with Crippen LogP contribution in [0.5, 0.6) is 0 Å². The van der Waals surface area contributed by atoms with Crippen LogP contribution in [-0.4, -0.2) is 39.0 Å². The normalized spacial score (nSPS) is 35.3. The molecule has 2 aliphatic rings. The summed E-state index contributed by atoms with van der Waals surface area (Å²) in [6, 6.07) is 0. The topological polar surface area (TPSA) is 81.4 Å². The van der Waals surface area contributed by atoms with Crippen LogP contribution in [-0.2, 0) is 14.8 Å². The molecule has 0 amide bonds. The van der Waals surface area contributed by atoms with Crippen LogP contribution in [0.15, 0.2) is 0 Å². The number of nitrogens with one attached hydrogen (secondary N) is 1. The molecule has 7 heteroatoms. The Kier molecular flexibility index (Phi) is 6.73. The molecular weight excluding hydrogens is 300 g/mol. The molecule has 120 valence electrons. The standard InChI is InChI=1S/C13H26N2O3S.ClH/c1-11-5-2-3-7-13(11,10-14)15-19(16,17)12-6-4-8-18-9-12;/h11-12,15H,2-10,14H2,1H3;1H. The summed E-state index contributed by atoms with van der Waals surface area (Å²) in [6.45, 7) is 3.46. The van der Waals surface area contributed by atoms with Crippen molar-refractivity contribution >= 4 is 22.4 Å². The van der Waals surface area contributed by atoms with E-state index in [1.807, 2.05) is 0 Å². The zero-order chi connectivity index (χ0) is 13.9. The van der Waals surface area contributed by atoms with Gasteiger partial charge < -0.3 is 10.5 Å². The zero-order valence-corrected chi connectivity index (χ0v) is 13.8. The van der Waals surface area contributed by atoms with Gasteiger partial charge in [0.25, 0.3) is 0 Å². The van der Waals surface area contributed by atoms with Gasteiger partial charge in [0.05, 0.1) is 11.9 Å². The molecule has 3 atom stereocenters. The maximum Gasteiger partial charge on any atom is 0.217 e. The molecule has 1 saturated carbocycles. The molecule has 0 radical (unpaired) electrons. The number of hydrogen-bond donors (Lipinski definition) is 2. The molecule has 1 saturated heterocycles. The van der Waals surface area contributed by atoms with Gasteiger partial charge in [-0.1, -0.05) is 19.8 Å². The van der Waals surface area contributed by atoms with E-state index in [0.717, 1.165) is 32.1 Å². The van der Waals surface area contributed by atoms with Gasteiger partial charge in [0, 0.05) is 18.7 Å². The van der Waals surface area contributed by atoms with Crippen molar-refractivity contribution in [2.24, 2.45) is 11.7 Å². The van der Waals surface area contributed by atoms with Crippen LogP contribution in [0.2, 0.25) is 0 Å². The maximum absolute atomic E-state index is 12.5. The van der Waals surface area contributed by atoms with E-state index in [-0.39, 0.29) is 12.4 Å². The highest BCUT2D eigenvalue weighted by molar-refractivity contribution is 7.90. The first-order valence-corrected chi connectivity index (χ1v) is 8.85. The summed E-state index contributed by atoms with van der Waals surface area (Å²) in [7, 11) is -3.34. The molecule has 20 heavy (non-hydrogen) atoms. The largest absolute Gasteiger partial charge is 0.380 e. The number of nitrogens with two attached hydrogens (primary N) is 1. The Balaban J connectivity index is 0.00000200. The Morgan fingerprint density at radius 2 is 2.05 bits per heavy atom. The Bertz CT molecular complexity index is 398. The average molecular weight is 327 g/mol. The highest BCUT2D eigenvalue weighted by Gasteiger charge is 2.42. The minimum absolute atomic E-state index is 0. The fourth-order valence-electron chi connectivity index (χ4n) is 3.23. The lowest BCUT2D eigenvalue weighted by Gasteiger charge is -2.43. The SMILES string of the molecule is CC1CCCCC1(CN)NS(=O)(=O)C1CCCOC1.Cl. The summed E-state index contributed by atoms with van der Waals surface area (Å²) in [4.78, 5) is 0. The molecular formula is C13H27ClN2O3S. The molecule has 2 fully saturated rings. The molecule has 2 rings (SSSR count). The van der Waals surface area contributed by atoms with E-state index < -0.39 is 20.8 Å². The van der Waals surface area contributed by atoms with E-state index in [0.29, 0.717) is 32.1 Å². The molecule has 1 aliphatic carbocycles. The van der Waals surface area contributed by atoms with Gasteiger partial charge >= 0.3 is 0 Å². The van der Waals surface area contributed by atoms with E-state index in [9.17, 15) is 8.42 Å². The summed E-state index contributed by atoms with van der Waals surface area (Å²) in [5.41, 5.74) is 5.46. The number of rotatable bonds is 4. The van der Waals surface area contributed by atoms with E-state index in [4.69, 9.17) is 10.5 Å². The third-order valence-electron chi connectivity index (χ3n) is 4.72. The number of ether oxygens (including phenoxy) is 1. The van der Waals surface area contributed by atoms with E-state index in [2.05, 4.69) is 11.6 Å². The summed E-state index contributed by atoms with van der Waals surface area (Å²) in [6.07, 6.45) is 5.60. The third-order valence-corrected chi connectivity index (χ3v) is 6.66. The predicted molar refractivity (Wildman–Crippen MR) is 82.6 cm³/mol. The van der Waals surface area contributed by atoms with Gasteiger partial charge in [0.1, 0.15) is 0 Å². The first-order chi connectivity index (χ1) is 9.00. The molecule has 0 aromatic carbocycles. The molecule has 5 nitrogen and oxygen atoms in total. The number of halogens is 1. The molecule has 0 bridgehead atoms. The lowest BCUT2D eigenvalue weighted by atomic mass is 9.74. The van der Waals surface area contributed by atoms with Crippen LogP contribution in [0.4, 0.5) is 0 Å². The number of hydrogen-bond acceptors (Lipinski definition) is 4. The summed E-state index contributed by atoms with van der Waals surface area (Å²) < 4.78 is 33.3. The predicted octanol–water partition coefficient (Wildman–Crippen LogP) is 1.41. The lowest BCUT2D eigenvalue weighted by Crippen LogP contribution is -2.61. The fourth-order valence-corrected chi connectivity index (χ4v) is 5.10. The molecule has 3 N–H and O–H groups in total. The van der Waals surface area contributed by atoms with Gasteiger partial charge in [0.2, 0.25) is 10.0 Å². The molecule has 0 aromatic heterocycles. The zero-order valence-electron chi connectivity index (χ0n) is 12.1. The average Bonchev–Trinajstić information content (AvgIpc) is 2.42. The molecule has 0 aromatic rings. The van der Waals surface area contributed by atoms with E-state index in [1.54, 1.807) is 0 Å². The van der Waals surface area contributed by atoms with E-state index >= 15 is 0 Å². The van der Waals surface area contributed by atoms with Crippen LogP contribution in [0.3, 0.4) is 0 Å². The van der Waals surface area contributed by atoms with Crippen molar-refractivity contribution < 1.29 is 13.2 Å². The smallest absolute Gasteiger partial charge is 0.217 e. The first kappa shape index (κ1) is 18.2. The highest BCUT2D eigenvalue weighted by atomic mass is 35.5. The van der Waals surface area contributed by atoms with Gasteiger partial charge in [-0.25, -0.2) is 13.1 Å². The second-order valence-corrected chi connectivity index (χ2v) is 7.95. The second kappa shape index (κ2) is 7.40. The molecule has 1 aliphatic heterocycles. The van der Waals surface area contributed by atoms with Crippen LogP contribution in [0.1, 0.15) is 45.4 Å². The fraction of sp³-hybridized carbons (Fsp3) is 1.00. The second-order valence-electron chi connectivity index (χ2n) is 5.99. The van der Waals surface area contributed by atoms with Crippen molar-refractivity contribution in [1.82, 2.24) is 4.72 Å². The van der Waals surface area contributed by atoms with Crippen LogP contribution >= 0.6 is 12.4 Å². The summed E-state index contributed by atoms with van der Waals surface area (Å²) in [5.74, 6) is 0.297. The summed E-state index contributed by atoms with van der Waals surface area (Å²) in [5, 5.41) is -0.418. The van der Waals surface area contributed by atoms with Gasteiger partial charge in [-0.05, 0) is 31.6 Å². The molecule has 3 unspecified atom stereocenters. The van der Waals surface area contributed by atoms with Crippen molar-refractivity contribution in [2.45, 2.75) is 56.2 Å². The van der Waals surface area contributed by atoms with Crippen molar-refractivity contribution in [1.29, 1.82) is 0 Å². The minimum atomic E-state index is -3.34. The summed E-state index contributed by atoms with van der Waals surface area (Å²) >= 11 is 0. The maximum atomic E-state index is 12.5. The molecule has 0 spiro atoms. The lowest BCUT2D eigenvalue weighted by molar-refractivity contribution is 0.0977. The quantitative estimate of drug-likeness (QED) is 0.818. The van der Waals surface area contributed by atoms with E-state index in [1.165, 1.54) is 0 Å². The monoisotopic (exact) mass is 326 g/mol. The van der Waals surface area contributed by atoms with Gasteiger partial charge in [-0.15, -0.1) is 12.4 Å².